The Morgan fingerprint density at radius 2 is 2.28 bits per heavy atom. The van der Waals surface area contributed by atoms with E-state index in [1.54, 1.807) is 19.9 Å². The van der Waals surface area contributed by atoms with Gasteiger partial charge in [0.15, 0.2) is 0 Å². The molecule has 0 fully saturated rings. The Bertz CT molecular complexity index is 549. The van der Waals surface area contributed by atoms with Crippen LogP contribution in [-0.4, -0.2) is 27.6 Å². The first-order valence-corrected chi connectivity index (χ1v) is 5.30. The second-order valence-electron chi connectivity index (χ2n) is 4.43. The van der Waals surface area contributed by atoms with Gasteiger partial charge in [-0.2, -0.15) is 0 Å². The number of anilines is 1. The van der Waals surface area contributed by atoms with Gasteiger partial charge in [-0.25, -0.2) is 14.6 Å². The van der Waals surface area contributed by atoms with Crippen LogP contribution in [0, 0.1) is 0 Å². The molecule has 0 aliphatic carbocycles. The molecular weight excluding hydrogens is 236 g/mol. The number of hydrogen-bond acceptors (Lipinski definition) is 5. The van der Waals surface area contributed by atoms with Crippen molar-refractivity contribution < 1.29 is 19.4 Å². The van der Waals surface area contributed by atoms with E-state index in [2.05, 4.69) is 10.3 Å². The van der Waals surface area contributed by atoms with Gasteiger partial charge in [0, 0.05) is 12.3 Å². The number of nitrogens with one attached hydrogen (secondary N) is 1. The number of esters is 1. The van der Waals surface area contributed by atoms with E-state index < -0.39 is 17.5 Å². The van der Waals surface area contributed by atoms with Crippen LogP contribution < -0.4 is 10.1 Å². The Morgan fingerprint density at radius 1 is 1.56 bits per heavy atom. The van der Waals surface area contributed by atoms with E-state index >= 15 is 0 Å². The van der Waals surface area contributed by atoms with Gasteiger partial charge in [-0.3, -0.25) is 0 Å². The molecule has 6 heteroatoms. The van der Waals surface area contributed by atoms with E-state index in [9.17, 15) is 9.59 Å². The molecule has 2 rings (SSSR count). The summed E-state index contributed by atoms with van der Waals surface area (Å²) in [7, 11) is 0. The number of ether oxygens (including phenoxy) is 1. The van der Waals surface area contributed by atoms with E-state index in [0.29, 0.717) is 11.3 Å². The molecule has 0 aromatic carbocycles. The first kappa shape index (κ1) is 12.1. The van der Waals surface area contributed by atoms with Crippen molar-refractivity contribution in [3.63, 3.8) is 0 Å². The van der Waals surface area contributed by atoms with Gasteiger partial charge in [0.2, 0.25) is 5.88 Å². The fraction of sp³-hybridized carbons (Fsp3) is 0.250. The van der Waals surface area contributed by atoms with Gasteiger partial charge in [0.05, 0.1) is 5.69 Å². The lowest BCUT2D eigenvalue weighted by molar-refractivity contribution is -0.139. The average molecular weight is 248 g/mol. The lowest BCUT2D eigenvalue weighted by Gasteiger charge is -2.30. The predicted octanol–water partition coefficient (Wildman–Crippen LogP) is 1.29. The van der Waals surface area contributed by atoms with Gasteiger partial charge in [-0.1, -0.05) is 0 Å². The number of carbonyl (C=O) groups excluding carboxylic acids is 1. The molecule has 1 aromatic rings. The predicted molar refractivity (Wildman–Crippen MR) is 64.2 cm³/mol. The number of aromatic nitrogens is 1. The van der Waals surface area contributed by atoms with Crippen molar-refractivity contribution in [1.29, 1.82) is 0 Å². The topological polar surface area (TPSA) is 88.5 Å². The van der Waals surface area contributed by atoms with Crippen molar-refractivity contribution in [2.75, 3.05) is 5.32 Å². The normalized spacial score (nSPS) is 16.9. The zero-order chi connectivity index (χ0) is 13.3. The highest BCUT2D eigenvalue weighted by molar-refractivity contribution is 5.90. The number of fused-ring (bicyclic) bond motifs is 1. The zero-order valence-electron chi connectivity index (χ0n) is 9.93. The van der Waals surface area contributed by atoms with Crippen LogP contribution in [0.4, 0.5) is 5.69 Å². The molecule has 0 spiro atoms. The van der Waals surface area contributed by atoms with Crippen LogP contribution in [0.2, 0.25) is 0 Å². The largest absolute Gasteiger partial charge is 0.478 e. The summed E-state index contributed by atoms with van der Waals surface area (Å²) in [6, 6.07) is 1.68. The maximum absolute atomic E-state index is 11.6. The highest BCUT2D eigenvalue weighted by Crippen LogP contribution is 2.31. The van der Waals surface area contributed by atoms with Crippen LogP contribution in [0.3, 0.4) is 0 Å². The molecule has 0 saturated heterocycles. The van der Waals surface area contributed by atoms with E-state index in [1.807, 2.05) is 0 Å². The minimum Gasteiger partial charge on any atom is -0.478 e. The highest BCUT2D eigenvalue weighted by Gasteiger charge is 2.35. The minimum atomic E-state index is -1.03. The third-order valence-corrected chi connectivity index (χ3v) is 2.44. The molecule has 1 aromatic heterocycles. The van der Waals surface area contributed by atoms with Gasteiger partial charge in [-0.15, -0.1) is 0 Å². The first-order chi connectivity index (χ1) is 8.38. The SMILES string of the molecule is CC1(C)Nc2cc(C=CC(=O)O)cnc2OC1=O. The van der Waals surface area contributed by atoms with Crippen molar-refractivity contribution in [1.82, 2.24) is 4.98 Å². The van der Waals surface area contributed by atoms with Crippen molar-refractivity contribution in [3.05, 3.63) is 23.9 Å². The molecule has 1 aliphatic heterocycles. The molecule has 0 radical (unpaired) electrons. The smallest absolute Gasteiger partial charge is 0.337 e. The number of carbonyl (C=O) groups is 2. The molecule has 18 heavy (non-hydrogen) atoms. The van der Waals surface area contributed by atoms with Crippen molar-refractivity contribution in [2.45, 2.75) is 19.4 Å². The highest BCUT2D eigenvalue weighted by atomic mass is 16.5. The first-order valence-electron chi connectivity index (χ1n) is 5.30. The Labute approximate surface area is 103 Å². The molecule has 0 saturated carbocycles. The van der Waals surface area contributed by atoms with Crippen LogP contribution in [-0.2, 0) is 9.59 Å². The lowest BCUT2D eigenvalue weighted by atomic mass is 10.0. The summed E-state index contributed by atoms with van der Waals surface area (Å²) >= 11 is 0. The summed E-state index contributed by atoms with van der Waals surface area (Å²) in [5.74, 6) is -1.24. The van der Waals surface area contributed by atoms with Crippen LogP contribution in [0.15, 0.2) is 18.3 Å². The number of nitrogens with zero attached hydrogens (tertiary/aromatic N) is 1. The standard InChI is InChI=1S/C12H12N2O4/c1-12(2)11(17)18-10-8(14-12)5-7(6-13-10)3-4-9(15)16/h3-6,14H,1-2H3,(H,15,16). The molecular formula is C12H12N2O4. The molecule has 0 bridgehead atoms. The van der Waals surface area contributed by atoms with Crippen LogP contribution >= 0.6 is 0 Å². The monoisotopic (exact) mass is 248 g/mol. The van der Waals surface area contributed by atoms with E-state index in [-0.39, 0.29) is 5.88 Å². The summed E-state index contributed by atoms with van der Waals surface area (Å²) in [6.45, 7) is 3.38. The Morgan fingerprint density at radius 3 is 2.94 bits per heavy atom. The van der Waals surface area contributed by atoms with Crippen LogP contribution in [0.25, 0.3) is 6.08 Å². The summed E-state index contributed by atoms with van der Waals surface area (Å²) in [5, 5.41) is 11.5. The molecule has 94 valence electrons. The summed E-state index contributed by atoms with van der Waals surface area (Å²) in [4.78, 5) is 25.9. The Kier molecular flexibility index (Phi) is 2.78. The van der Waals surface area contributed by atoms with Crippen molar-refractivity contribution >= 4 is 23.7 Å². The maximum atomic E-state index is 11.6. The maximum Gasteiger partial charge on any atom is 0.337 e. The molecule has 6 nitrogen and oxygen atoms in total. The molecule has 2 N–H and O–H groups in total. The second-order valence-corrected chi connectivity index (χ2v) is 4.43. The quantitative estimate of drug-likeness (QED) is 0.605. The van der Waals surface area contributed by atoms with Crippen LogP contribution in [0.5, 0.6) is 5.88 Å². The fourth-order valence-corrected chi connectivity index (χ4v) is 1.50. The molecule has 0 amide bonds. The number of aliphatic carboxylic acids is 1. The van der Waals surface area contributed by atoms with Gasteiger partial charge in [0.1, 0.15) is 5.54 Å². The molecule has 2 heterocycles. The molecule has 0 unspecified atom stereocenters. The summed E-state index contributed by atoms with van der Waals surface area (Å²) in [6.07, 6.45) is 3.87. The van der Waals surface area contributed by atoms with Crippen molar-refractivity contribution in [2.24, 2.45) is 0 Å². The van der Waals surface area contributed by atoms with Gasteiger partial charge < -0.3 is 15.2 Å². The third kappa shape index (κ3) is 2.32. The number of hydrogen-bond donors (Lipinski definition) is 2. The van der Waals surface area contributed by atoms with E-state index in [1.165, 1.54) is 12.3 Å². The van der Waals surface area contributed by atoms with Crippen LogP contribution in [0.1, 0.15) is 19.4 Å². The molecule has 1 aliphatic rings. The third-order valence-electron chi connectivity index (χ3n) is 2.44. The zero-order valence-corrected chi connectivity index (χ0v) is 9.93. The van der Waals surface area contributed by atoms with Gasteiger partial charge in [-0.05, 0) is 31.6 Å². The second kappa shape index (κ2) is 4.14. The number of rotatable bonds is 2. The minimum absolute atomic E-state index is 0.201. The van der Waals surface area contributed by atoms with Gasteiger partial charge >= 0.3 is 11.9 Å². The van der Waals surface area contributed by atoms with Gasteiger partial charge in [0.25, 0.3) is 0 Å². The van der Waals surface area contributed by atoms with Crippen molar-refractivity contribution in [3.8, 4) is 5.88 Å². The molecule has 0 atom stereocenters. The number of pyridine rings is 1. The number of carboxylic acid groups (broad SMARTS) is 1. The number of carboxylic acids is 1. The summed E-state index contributed by atoms with van der Waals surface area (Å²) in [5.41, 5.74) is 0.341. The average Bonchev–Trinajstić information content (AvgIpc) is 2.27. The fourth-order valence-electron chi connectivity index (χ4n) is 1.50. The van der Waals surface area contributed by atoms with E-state index in [4.69, 9.17) is 9.84 Å². The lowest BCUT2D eigenvalue weighted by Crippen LogP contribution is -2.46. The summed E-state index contributed by atoms with van der Waals surface area (Å²) < 4.78 is 5.07. The Balaban J connectivity index is 2.33. The Hall–Kier alpha value is -2.37. The van der Waals surface area contributed by atoms with E-state index in [0.717, 1.165) is 6.08 Å².